The zero-order valence-electron chi connectivity index (χ0n) is 13.3. The molecule has 1 aromatic rings. The Hall–Kier alpha value is -1.79. The second-order valence-corrected chi connectivity index (χ2v) is 5.59. The van der Waals surface area contributed by atoms with Crippen molar-refractivity contribution in [3.05, 3.63) is 18.2 Å². The lowest BCUT2D eigenvalue weighted by atomic mass is 10.2. The van der Waals surface area contributed by atoms with Crippen molar-refractivity contribution in [3.63, 3.8) is 0 Å². The molecular formula is C16H25N3O3. The Morgan fingerprint density at radius 2 is 2.36 bits per heavy atom. The van der Waals surface area contributed by atoms with Gasteiger partial charge in [0.25, 0.3) is 0 Å². The van der Waals surface area contributed by atoms with E-state index in [0.29, 0.717) is 23.5 Å². The SMILES string of the molecule is COc1cc(N)ccc1NC(=O)CCCN1CCOC(C)C1. The van der Waals surface area contributed by atoms with Crippen LogP contribution in [-0.4, -0.2) is 50.3 Å². The highest BCUT2D eigenvalue weighted by Crippen LogP contribution is 2.26. The second-order valence-electron chi connectivity index (χ2n) is 5.59. The number of hydrogen-bond donors (Lipinski definition) is 2. The van der Waals surface area contributed by atoms with Crippen LogP contribution in [0.5, 0.6) is 5.75 Å². The number of carbonyl (C=O) groups excluding carboxylic acids is 1. The number of morpholine rings is 1. The quantitative estimate of drug-likeness (QED) is 0.783. The summed E-state index contributed by atoms with van der Waals surface area (Å²) in [6.45, 7) is 5.65. The van der Waals surface area contributed by atoms with Gasteiger partial charge in [-0.25, -0.2) is 0 Å². The van der Waals surface area contributed by atoms with Crippen LogP contribution in [-0.2, 0) is 9.53 Å². The van der Waals surface area contributed by atoms with Gasteiger partial charge in [-0.3, -0.25) is 9.69 Å². The fourth-order valence-corrected chi connectivity index (χ4v) is 2.58. The molecule has 0 bridgehead atoms. The third-order valence-electron chi connectivity index (χ3n) is 3.70. The highest BCUT2D eigenvalue weighted by Gasteiger charge is 2.16. The van der Waals surface area contributed by atoms with E-state index in [1.54, 1.807) is 25.3 Å². The number of rotatable bonds is 6. The Labute approximate surface area is 131 Å². The first-order chi connectivity index (χ1) is 10.6. The Morgan fingerprint density at radius 1 is 1.55 bits per heavy atom. The monoisotopic (exact) mass is 307 g/mol. The van der Waals surface area contributed by atoms with E-state index < -0.39 is 0 Å². The first-order valence-corrected chi connectivity index (χ1v) is 7.66. The normalized spacial score (nSPS) is 18.9. The Kier molecular flexibility index (Phi) is 6.03. The minimum Gasteiger partial charge on any atom is -0.494 e. The molecule has 3 N–H and O–H groups in total. The Morgan fingerprint density at radius 3 is 3.09 bits per heavy atom. The molecule has 22 heavy (non-hydrogen) atoms. The summed E-state index contributed by atoms with van der Waals surface area (Å²) in [5, 5.41) is 2.87. The van der Waals surface area contributed by atoms with Crippen molar-refractivity contribution in [2.24, 2.45) is 0 Å². The molecule has 1 atom stereocenters. The molecule has 1 unspecified atom stereocenters. The molecule has 6 heteroatoms. The van der Waals surface area contributed by atoms with Crippen LogP contribution in [0.15, 0.2) is 18.2 Å². The highest BCUT2D eigenvalue weighted by atomic mass is 16.5. The summed E-state index contributed by atoms with van der Waals surface area (Å²) in [4.78, 5) is 14.4. The predicted octanol–water partition coefficient (Wildman–Crippen LogP) is 1.72. The Bertz CT molecular complexity index is 507. The number of nitrogens with zero attached hydrogens (tertiary/aromatic N) is 1. The zero-order chi connectivity index (χ0) is 15.9. The lowest BCUT2D eigenvalue weighted by Gasteiger charge is -2.30. The van der Waals surface area contributed by atoms with Crippen molar-refractivity contribution in [2.75, 3.05) is 44.4 Å². The first-order valence-electron chi connectivity index (χ1n) is 7.66. The van der Waals surface area contributed by atoms with Crippen LogP contribution in [0.2, 0.25) is 0 Å². The van der Waals surface area contributed by atoms with Crippen LogP contribution in [0.25, 0.3) is 0 Å². The van der Waals surface area contributed by atoms with Gasteiger partial charge in [0, 0.05) is 31.3 Å². The van der Waals surface area contributed by atoms with Crippen LogP contribution in [0.1, 0.15) is 19.8 Å². The summed E-state index contributed by atoms with van der Waals surface area (Å²) >= 11 is 0. The second kappa shape index (κ2) is 8.00. The maximum atomic E-state index is 12.0. The fraction of sp³-hybridized carbons (Fsp3) is 0.562. The number of hydrogen-bond acceptors (Lipinski definition) is 5. The summed E-state index contributed by atoms with van der Waals surface area (Å²) in [5.74, 6) is 0.569. The van der Waals surface area contributed by atoms with Crippen LogP contribution in [0, 0.1) is 0 Å². The molecule has 122 valence electrons. The number of amides is 1. The number of nitrogen functional groups attached to an aromatic ring is 1. The van der Waals surface area contributed by atoms with Gasteiger partial charge in [0.1, 0.15) is 5.75 Å². The van der Waals surface area contributed by atoms with Crippen LogP contribution < -0.4 is 15.8 Å². The van der Waals surface area contributed by atoms with Crippen molar-refractivity contribution in [2.45, 2.75) is 25.9 Å². The molecule has 1 saturated heterocycles. The van der Waals surface area contributed by atoms with E-state index in [-0.39, 0.29) is 12.0 Å². The van der Waals surface area contributed by atoms with Crippen molar-refractivity contribution >= 4 is 17.3 Å². The van der Waals surface area contributed by atoms with Crippen molar-refractivity contribution < 1.29 is 14.3 Å². The molecule has 0 aliphatic carbocycles. The maximum Gasteiger partial charge on any atom is 0.224 e. The van der Waals surface area contributed by atoms with E-state index >= 15 is 0 Å². The first kappa shape index (κ1) is 16.6. The van der Waals surface area contributed by atoms with Gasteiger partial charge in [-0.05, 0) is 32.0 Å². The zero-order valence-corrected chi connectivity index (χ0v) is 13.3. The topological polar surface area (TPSA) is 76.8 Å². The third-order valence-corrected chi connectivity index (χ3v) is 3.70. The molecule has 1 aliphatic heterocycles. The van der Waals surface area contributed by atoms with Crippen molar-refractivity contribution in [1.29, 1.82) is 0 Å². The number of ether oxygens (including phenoxy) is 2. The van der Waals surface area contributed by atoms with E-state index in [2.05, 4.69) is 17.1 Å². The molecule has 2 rings (SSSR count). The molecule has 1 aliphatic rings. The van der Waals surface area contributed by atoms with Crippen molar-refractivity contribution in [3.8, 4) is 5.75 Å². The molecule has 0 spiro atoms. The summed E-state index contributed by atoms with van der Waals surface area (Å²) in [6, 6.07) is 5.20. The van der Waals surface area contributed by atoms with E-state index in [1.165, 1.54) is 0 Å². The van der Waals surface area contributed by atoms with Crippen LogP contribution in [0.3, 0.4) is 0 Å². The molecule has 6 nitrogen and oxygen atoms in total. The smallest absolute Gasteiger partial charge is 0.224 e. The van der Waals surface area contributed by atoms with Gasteiger partial charge >= 0.3 is 0 Å². The predicted molar refractivity (Wildman–Crippen MR) is 87.1 cm³/mol. The van der Waals surface area contributed by atoms with Gasteiger partial charge in [0.15, 0.2) is 0 Å². The largest absolute Gasteiger partial charge is 0.494 e. The highest BCUT2D eigenvalue weighted by molar-refractivity contribution is 5.92. The van der Waals surface area contributed by atoms with Crippen molar-refractivity contribution in [1.82, 2.24) is 4.90 Å². The van der Waals surface area contributed by atoms with E-state index in [0.717, 1.165) is 32.7 Å². The van der Waals surface area contributed by atoms with Gasteiger partial charge < -0.3 is 20.5 Å². The molecule has 1 heterocycles. The summed E-state index contributed by atoms with van der Waals surface area (Å²) in [5.41, 5.74) is 6.96. The summed E-state index contributed by atoms with van der Waals surface area (Å²) in [7, 11) is 1.56. The van der Waals surface area contributed by atoms with E-state index in [9.17, 15) is 4.79 Å². The molecule has 1 fully saturated rings. The molecular weight excluding hydrogens is 282 g/mol. The minimum absolute atomic E-state index is 0.00983. The lowest BCUT2D eigenvalue weighted by molar-refractivity contribution is -0.116. The number of nitrogens with two attached hydrogens (primary N) is 1. The Balaban J connectivity index is 1.76. The van der Waals surface area contributed by atoms with Gasteiger partial charge in [-0.2, -0.15) is 0 Å². The van der Waals surface area contributed by atoms with E-state index in [1.807, 2.05) is 0 Å². The minimum atomic E-state index is -0.00983. The summed E-state index contributed by atoms with van der Waals surface area (Å²) < 4.78 is 10.7. The van der Waals surface area contributed by atoms with E-state index in [4.69, 9.17) is 15.2 Å². The number of benzene rings is 1. The maximum absolute atomic E-state index is 12.0. The number of anilines is 2. The molecule has 0 saturated carbocycles. The third kappa shape index (κ3) is 4.89. The van der Waals surface area contributed by atoms with Gasteiger partial charge in [0.05, 0.1) is 25.5 Å². The molecule has 1 amide bonds. The molecule has 0 aromatic heterocycles. The number of carbonyl (C=O) groups is 1. The van der Waals surface area contributed by atoms with Crippen LogP contribution in [0.4, 0.5) is 11.4 Å². The van der Waals surface area contributed by atoms with Gasteiger partial charge in [-0.1, -0.05) is 0 Å². The number of methoxy groups -OCH3 is 1. The standard InChI is InChI=1S/C16H25N3O3/c1-12-11-19(8-9-22-12)7-3-4-16(20)18-14-6-5-13(17)10-15(14)21-2/h5-6,10,12H,3-4,7-9,11,17H2,1-2H3,(H,18,20). The van der Waals surface area contributed by atoms with Gasteiger partial charge in [-0.15, -0.1) is 0 Å². The molecule has 0 radical (unpaired) electrons. The van der Waals surface area contributed by atoms with Crippen LogP contribution >= 0.6 is 0 Å². The fourth-order valence-electron chi connectivity index (χ4n) is 2.58. The molecule has 1 aromatic carbocycles. The summed E-state index contributed by atoms with van der Waals surface area (Å²) in [6.07, 6.45) is 1.59. The average Bonchev–Trinajstić information content (AvgIpc) is 2.49. The van der Waals surface area contributed by atoms with Gasteiger partial charge in [0.2, 0.25) is 5.91 Å². The number of nitrogens with one attached hydrogen (secondary N) is 1. The lowest BCUT2D eigenvalue weighted by Crippen LogP contribution is -2.41. The average molecular weight is 307 g/mol.